The standard InChI is InChI=1S/C10H10FN3O3S/c11-9-3-1-7(2-4-9)10-8(5-13-14-10)6-17-18(12,15)16/h1-5H,6H2,(H,13,14)(H2,12,15,16). The summed E-state index contributed by atoms with van der Waals surface area (Å²) in [5.74, 6) is -0.361. The van der Waals surface area contributed by atoms with Crippen molar-refractivity contribution in [1.29, 1.82) is 0 Å². The van der Waals surface area contributed by atoms with Gasteiger partial charge in [0.1, 0.15) is 5.82 Å². The van der Waals surface area contributed by atoms with Crippen molar-refractivity contribution in [2.75, 3.05) is 0 Å². The summed E-state index contributed by atoms with van der Waals surface area (Å²) in [6, 6.07) is 5.67. The molecule has 8 heteroatoms. The SMILES string of the molecule is NS(=O)(=O)OCc1cn[nH]c1-c1ccc(F)cc1. The van der Waals surface area contributed by atoms with Gasteiger partial charge in [-0.05, 0) is 24.3 Å². The zero-order chi connectivity index (χ0) is 13.2. The maximum absolute atomic E-state index is 12.8. The molecule has 6 nitrogen and oxygen atoms in total. The number of nitrogens with one attached hydrogen (secondary N) is 1. The molecule has 1 heterocycles. The van der Waals surface area contributed by atoms with Gasteiger partial charge in [0, 0.05) is 11.1 Å². The largest absolute Gasteiger partial charge is 0.333 e. The van der Waals surface area contributed by atoms with Crippen LogP contribution in [0.15, 0.2) is 30.5 Å². The van der Waals surface area contributed by atoms with E-state index in [1.807, 2.05) is 0 Å². The number of hydrogen-bond donors (Lipinski definition) is 2. The van der Waals surface area contributed by atoms with Crippen LogP contribution < -0.4 is 5.14 Å². The first kappa shape index (κ1) is 12.7. The second kappa shape index (κ2) is 4.84. The van der Waals surface area contributed by atoms with Crippen LogP contribution in [-0.2, 0) is 21.1 Å². The van der Waals surface area contributed by atoms with Crippen LogP contribution in [0, 0.1) is 5.82 Å². The second-order valence-electron chi connectivity index (χ2n) is 3.53. The van der Waals surface area contributed by atoms with Crippen molar-refractivity contribution in [2.45, 2.75) is 6.61 Å². The number of benzene rings is 1. The Morgan fingerprint density at radius 3 is 2.61 bits per heavy atom. The molecule has 0 saturated carbocycles. The topological polar surface area (TPSA) is 98.1 Å². The summed E-state index contributed by atoms with van der Waals surface area (Å²) in [5.41, 5.74) is 1.73. The quantitative estimate of drug-likeness (QED) is 0.864. The molecule has 0 spiro atoms. The molecule has 18 heavy (non-hydrogen) atoms. The van der Waals surface area contributed by atoms with Gasteiger partial charge < -0.3 is 0 Å². The fraction of sp³-hybridized carbons (Fsp3) is 0.100. The molecular formula is C10H10FN3O3S. The fourth-order valence-corrected chi connectivity index (χ4v) is 1.72. The third-order valence-electron chi connectivity index (χ3n) is 2.23. The first-order valence-electron chi connectivity index (χ1n) is 4.91. The first-order chi connectivity index (χ1) is 8.46. The number of halogens is 1. The predicted octanol–water partition coefficient (Wildman–Crippen LogP) is 0.936. The molecule has 0 amide bonds. The van der Waals surface area contributed by atoms with E-state index in [-0.39, 0.29) is 12.4 Å². The van der Waals surface area contributed by atoms with Crippen LogP contribution in [-0.4, -0.2) is 18.6 Å². The van der Waals surface area contributed by atoms with Crippen molar-refractivity contribution in [2.24, 2.45) is 5.14 Å². The zero-order valence-electron chi connectivity index (χ0n) is 9.13. The van der Waals surface area contributed by atoms with Gasteiger partial charge in [-0.2, -0.15) is 13.5 Å². The summed E-state index contributed by atoms with van der Waals surface area (Å²) < 4.78 is 38.7. The van der Waals surface area contributed by atoms with Gasteiger partial charge in [0.05, 0.1) is 18.5 Å². The molecule has 2 aromatic rings. The molecule has 0 bridgehead atoms. The highest BCUT2D eigenvalue weighted by molar-refractivity contribution is 7.84. The molecular weight excluding hydrogens is 261 g/mol. The van der Waals surface area contributed by atoms with Gasteiger partial charge >= 0.3 is 10.3 Å². The molecule has 0 radical (unpaired) electrons. The molecule has 0 atom stereocenters. The van der Waals surface area contributed by atoms with Gasteiger partial charge in [0.2, 0.25) is 0 Å². The number of nitrogens with two attached hydrogens (primary N) is 1. The molecule has 3 N–H and O–H groups in total. The lowest BCUT2D eigenvalue weighted by atomic mass is 10.1. The van der Waals surface area contributed by atoms with Crippen molar-refractivity contribution in [3.63, 3.8) is 0 Å². The Labute approximate surface area is 103 Å². The first-order valence-corrected chi connectivity index (χ1v) is 6.38. The third-order valence-corrected chi connectivity index (χ3v) is 2.68. The number of aromatic amines is 1. The monoisotopic (exact) mass is 271 g/mol. The number of H-pyrrole nitrogens is 1. The highest BCUT2D eigenvalue weighted by atomic mass is 32.2. The molecule has 0 aliphatic rings. The summed E-state index contributed by atoms with van der Waals surface area (Å²) in [4.78, 5) is 0. The lowest BCUT2D eigenvalue weighted by Gasteiger charge is -2.03. The van der Waals surface area contributed by atoms with E-state index in [1.54, 1.807) is 12.1 Å². The molecule has 1 aromatic heterocycles. The molecule has 0 saturated heterocycles. The average molecular weight is 271 g/mol. The van der Waals surface area contributed by atoms with E-state index >= 15 is 0 Å². The minimum atomic E-state index is -4.01. The Morgan fingerprint density at radius 2 is 2.00 bits per heavy atom. The third kappa shape index (κ3) is 3.13. The Morgan fingerprint density at radius 1 is 1.33 bits per heavy atom. The maximum Gasteiger partial charge on any atom is 0.333 e. The predicted molar refractivity (Wildman–Crippen MR) is 61.9 cm³/mol. The highest BCUT2D eigenvalue weighted by Crippen LogP contribution is 2.22. The van der Waals surface area contributed by atoms with E-state index < -0.39 is 10.3 Å². The summed E-state index contributed by atoms with van der Waals surface area (Å²) >= 11 is 0. The smallest absolute Gasteiger partial charge is 0.277 e. The maximum atomic E-state index is 12.8. The second-order valence-corrected chi connectivity index (χ2v) is 4.75. The van der Waals surface area contributed by atoms with Gasteiger partial charge in [0.25, 0.3) is 0 Å². The van der Waals surface area contributed by atoms with Gasteiger partial charge in [-0.1, -0.05) is 0 Å². The van der Waals surface area contributed by atoms with Gasteiger partial charge in [-0.15, -0.1) is 0 Å². The van der Waals surface area contributed by atoms with Gasteiger partial charge in [-0.25, -0.2) is 9.53 Å². The minimum Gasteiger partial charge on any atom is -0.277 e. The number of nitrogens with zero attached hydrogens (tertiary/aromatic N) is 1. The van der Waals surface area contributed by atoms with Crippen LogP contribution in [0.25, 0.3) is 11.3 Å². The molecule has 1 aromatic carbocycles. The van der Waals surface area contributed by atoms with E-state index in [0.29, 0.717) is 16.8 Å². The minimum absolute atomic E-state index is 0.234. The van der Waals surface area contributed by atoms with Crippen LogP contribution in [0.3, 0.4) is 0 Å². The normalized spacial score (nSPS) is 11.7. The molecule has 96 valence electrons. The van der Waals surface area contributed by atoms with Gasteiger partial charge in [0.15, 0.2) is 0 Å². The van der Waals surface area contributed by atoms with Crippen LogP contribution in [0.1, 0.15) is 5.56 Å². The van der Waals surface area contributed by atoms with E-state index in [9.17, 15) is 12.8 Å². The summed E-state index contributed by atoms with van der Waals surface area (Å²) in [7, 11) is -4.01. The van der Waals surface area contributed by atoms with Crippen molar-refractivity contribution >= 4 is 10.3 Å². The number of hydrogen-bond acceptors (Lipinski definition) is 4. The number of rotatable bonds is 4. The van der Waals surface area contributed by atoms with E-state index in [2.05, 4.69) is 14.4 Å². The fourth-order valence-electron chi connectivity index (χ4n) is 1.43. The molecule has 2 rings (SSSR count). The summed E-state index contributed by atoms with van der Waals surface area (Å²) in [6.07, 6.45) is 1.42. The van der Waals surface area contributed by atoms with E-state index in [4.69, 9.17) is 5.14 Å². The van der Waals surface area contributed by atoms with Crippen molar-refractivity contribution in [3.05, 3.63) is 41.8 Å². The Bertz CT molecular complexity index is 637. The zero-order valence-corrected chi connectivity index (χ0v) is 9.95. The van der Waals surface area contributed by atoms with Crippen molar-refractivity contribution in [1.82, 2.24) is 10.2 Å². The molecule has 0 unspecified atom stereocenters. The molecule has 0 aliphatic heterocycles. The molecule has 0 aliphatic carbocycles. The van der Waals surface area contributed by atoms with Crippen LogP contribution >= 0.6 is 0 Å². The van der Waals surface area contributed by atoms with E-state index in [0.717, 1.165) is 0 Å². The summed E-state index contributed by atoms with van der Waals surface area (Å²) in [5, 5.41) is 11.2. The highest BCUT2D eigenvalue weighted by Gasteiger charge is 2.11. The van der Waals surface area contributed by atoms with Crippen LogP contribution in [0.5, 0.6) is 0 Å². The molecule has 0 fully saturated rings. The Hall–Kier alpha value is -1.77. The number of aromatic nitrogens is 2. The van der Waals surface area contributed by atoms with Crippen molar-refractivity contribution < 1.29 is 17.0 Å². The lowest BCUT2D eigenvalue weighted by molar-refractivity contribution is 0.309. The van der Waals surface area contributed by atoms with Crippen molar-refractivity contribution in [3.8, 4) is 11.3 Å². The van der Waals surface area contributed by atoms with E-state index in [1.165, 1.54) is 18.3 Å². The Kier molecular flexibility index (Phi) is 3.41. The Balaban J connectivity index is 2.25. The summed E-state index contributed by atoms with van der Waals surface area (Å²) in [6.45, 7) is -0.234. The van der Waals surface area contributed by atoms with Gasteiger partial charge in [-0.3, -0.25) is 9.28 Å². The average Bonchev–Trinajstić information content (AvgIpc) is 2.75. The van der Waals surface area contributed by atoms with Crippen LogP contribution in [0.4, 0.5) is 4.39 Å². The van der Waals surface area contributed by atoms with Crippen LogP contribution in [0.2, 0.25) is 0 Å². The lowest BCUT2D eigenvalue weighted by Crippen LogP contribution is -2.15.